The monoisotopic (exact) mass is 277 g/mol. The minimum Gasteiger partial charge on any atom is -0.335 e. The summed E-state index contributed by atoms with van der Waals surface area (Å²) in [5.74, 6) is 4.87. The number of hydrogen-bond acceptors (Lipinski definition) is 6. The van der Waals surface area contributed by atoms with Gasteiger partial charge in [0, 0.05) is 7.05 Å². The molecule has 2 aromatic heterocycles. The number of fused-ring (bicyclic) bond motifs is 3. The van der Waals surface area contributed by atoms with Crippen LogP contribution in [0.5, 0.6) is 0 Å². The van der Waals surface area contributed by atoms with Crippen LogP contribution in [0, 0.1) is 0 Å². The molecular weight excluding hydrogens is 266 g/mol. The Hall–Kier alpha value is -2.19. The largest absolute Gasteiger partial charge is 0.335 e. The summed E-state index contributed by atoms with van der Waals surface area (Å²) in [5.41, 5.74) is 2.34. The van der Waals surface area contributed by atoms with Crippen molar-refractivity contribution in [2.45, 2.75) is 6.54 Å². The van der Waals surface area contributed by atoms with Crippen LogP contribution < -0.4 is 5.90 Å². The highest BCUT2D eigenvalue weighted by Crippen LogP contribution is 2.28. The van der Waals surface area contributed by atoms with E-state index in [1.807, 2.05) is 16.0 Å². The number of amides is 1. The second-order valence-corrected chi connectivity index (χ2v) is 5.00. The molecule has 0 unspecified atom stereocenters. The van der Waals surface area contributed by atoms with Crippen LogP contribution in [0.25, 0.3) is 5.69 Å². The molecule has 0 saturated heterocycles. The van der Waals surface area contributed by atoms with E-state index >= 15 is 0 Å². The average Bonchev–Trinajstić information content (AvgIpc) is 3.00. The average molecular weight is 277 g/mol. The fraction of sp³-hybridized carbons (Fsp3) is 0.182. The van der Waals surface area contributed by atoms with E-state index < -0.39 is 0 Å². The molecule has 0 aliphatic carbocycles. The first-order valence-electron chi connectivity index (χ1n) is 5.51. The normalized spacial score (nSPS) is 14.4. The maximum Gasteiger partial charge on any atom is 0.266 e. The third-order valence-electron chi connectivity index (χ3n) is 2.97. The molecule has 3 rings (SSSR count). The number of oxime groups is 1. The quantitative estimate of drug-likeness (QED) is 0.648. The number of hydrogen-bond donors (Lipinski definition) is 1. The Morgan fingerprint density at radius 2 is 2.47 bits per heavy atom. The molecule has 0 spiro atoms. The minimum absolute atomic E-state index is 0.00617. The molecule has 3 heterocycles. The van der Waals surface area contributed by atoms with E-state index in [2.05, 4.69) is 15.1 Å². The number of rotatable bonds is 2. The van der Waals surface area contributed by atoms with Crippen molar-refractivity contribution in [3.63, 3.8) is 0 Å². The second kappa shape index (κ2) is 4.48. The van der Waals surface area contributed by atoms with Crippen LogP contribution >= 0.6 is 11.3 Å². The van der Waals surface area contributed by atoms with Crippen LogP contribution in [-0.2, 0) is 11.5 Å². The molecule has 0 fully saturated rings. The van der Waals surface area contributed by atoms with Crippen molar-refractivity contribution in [2.24, 2.45) is 11.1 Å². The topological polar surface area (TPSA) is 85.7 Å². The van der Waals surface area contributed by atoms with E-state index in [4.69, 9.17) is 5.90 Å². The Kier molecular flexibility index (Phi) is 2.80. The first kappa shape index (κ1) is 11.9. The fourth-order valence-electron chi connectivity index (χ4n) is 2.06. The van der Waals surface area contributed by atoms with Gasteiger partial charge in [-0.25, -0.2) is 4.98 Å². The van der Waals surface area contributed by atoms with Crippen molar-refractivity contribution in [1.82, 2.24) is 14.5 Å². The van der Waals surface area contributed by atoms with E-state index in [9.17, 15) is 4.79 Å². The smallest absolute Gasteiger partial charge is 0.266 e. The molecule has 98 valence electrons. The molecule has 8 heteroatoms. The van der Waals surface area contributed by atoms with Crippen LogP contribution in [0.4, 0.5) is 0 Å². The first-order chi connectivity index (χ1) is 9.22. The number of carbonyl (C=O) groups is 1. The van der Waals surface area contributed by atoms with Crippen LogP contribution in [0.1, 0.15) is 21.1 Å². The Bertz CT molecular complexity index is 660. The van der Waals surface area contributed by atoms with Crippen LogP contribution in [0.3, 0.4) is 0 Å². The zero-order valence-electron chi connectivity index (χ0n) is 10.1. The lowest BCUT2D eigenvalue weighted by Crippen LogP contribution is -2.24. The summed E-state index contributed by atoms with van der Waals surface area (Å²) < 4.78 is 1.89. The minimum atomic E-state index is 0.00617. The molecule has 0 radical (unpaired) electrons. The van der Waals surface area contributed by atoms with Gasteiger partial charge in [-0.1, -0.05) is 5.16 Å². The van der Waals surface area contributed by atoms with Gasteiger partial charge in [0.1, 0.15) is 16.9 Å². The number of carbonyl (C=O) groups excluding carboxylic acids is 1. The van der Waals surface area contributed by atoms with Gasteiger partial charge in [-0.05, 0) is 11.4 Å². The van der Waals surface area contributed by atoms with Gasteiger partial charge in [0.15, 0.2) is 0 Å². The Labute approximate surface area is 112 Å². The number of aromatic nitrogens is 2. The van der Waals surface area contributed by atoms with Crippen LogP contribution in [0.15, 0.2) is 22.9 Å². The van der Waals surface area contributed by atoms with E-state index in [1.54, 1.807) is 18.3 Å². The van der Waals surface area contributed by atoms with Gasteiger partial charge in [-0.3, -0.25) is 9.36 Å². The predicted molar refractivity (Wildman–Crippen MR) is 70.1 cm³/mol. The molecule has 1 aliphatic rings. The Morgan fingerprint density at radius 1 is 1.63 bits per heavy atom. The van der Waals surface area contributed by atoms with Crippen LogP contribution in [-0.4, -0.2) is 33.6 Å². The first-order valence-corrected chi connectivity index (χ1v) is 6.39. The summed E-state index contributed by atoms with van der Waals surface area (Å²) >= 11 is 1.42. The third-order valence-corrected chi connectivity index (χ3v) is 3.86. The molecule has 0 atom stereocenters. The molecule has 19 heavy (non-hydrogen) atoms. The van der Waals surface area contributed by atoms with Gasteiger partial charge in [0.25, 0.3) is 5.91 Å². The zero-order valence-corrected chi connectivity index (χ0v) is 10.9. The van der Waals surface area contributed by atoms with E-state index in [0.29, 0.717) is 17.1 Å². The molecule has 0 bridgehead atoms. The number of nitrogens with zero attached hydrogens (tertiary/aromatic N) is 4. The maximum atomic E-state index is 12.2. The second-order valence-electron chi connectivity index (χ2n) is 4.08. The van der Waals surface area contributed by atoms with E-state index in [0.717, 1.165) is 11.4 Å². The Morgan fingerprint density at radius 3 is 3.26 bits per heavy atom. The summed E-state index contributed by atoms with van der Waals surface area (Å²) in [6.07, 6.45) is 3.10. The third kappa shape index (κ3) is 1.81. The summed E-state index contributed by atoms with van der Waals surface area (Å²) in [5, 5.41) is 5.41. The molecule has 1 amide bonds. The van der Waals surface area contributed by atoms with Crippen molar-refractivity contribution >= 4 is 23.5 Å². The maximum absolute atomic E-state index is 12.2. The van der Waals surface area contributed by atoms with Crippen molar-refractivity contribution in [3.05, 3.63) is 34.0 Å². The molecule has 2 N–H and O–H groups in total. The van der Waals surface area contributed by atoms with Gasteiger partial charge in [-0.2, -0.15) is 0 Å². The predicted octanol–water partition coefficient (Wildman–Crippen LogP) is 0.744. The zero-order chi connectivity index (χ0) is 13.4. The summed E-state index contributed by atoms with van der Waals surface area (Å²) in [7, 11) is 1.76. The lowest BCUT2D eigenvalue weighted by Gasteiger charge is -2.13. The Balaban J connectivity index is 2.17. The number of thiophene rings is 1. The number of nitrogens with two attached hydrogens (primary N) is 1. The van der Waals surface area contributed by atoms with E-state index in [-0.39, 0.29) is 5.91 Å². The van der Waals surface area contributed by atoms with Crippen molar-refractivity contribution in [1.29, 1.82) is 0 Å². The van der Waals surface area contributed by atoms with E-state index in [1.165, 1.54) is 17.6 Å². The summed E-state index contributed by atoms with van der Waals surface area (Å²) in [4.78, 5) is 23.0. The SMILES string of the molecule is CN1Cc2c(C=NON)ncn2-c2ccsc2C1=O. The highest BCUT2D eigenvalue weighted by Gasteiger charge is 2.26. The van der Waals surface area contributed by atoms with Crippen molar-refractivity contribution < 1.29 is 9.73 Å². The highest BCUT2D eigenvalue weighted by atomic mass is 32.1. The van der Waals surface area contributed by atoms with Gasteiger partial charge in [-0.15, -0.1) is 17.2 Å². The summed E-state index contributed by atoms with van der Waals surface area (Å²) in [6, 6.07) is 1.91. The van der Waals surface area contributed by atoms with Gasteiger partial charge in [0.2, 0.25) is 0 Å². The molecular formula is C11H11N5O2S. The fourth-order valence-corrected chi connectivity index (χ4v) is 2.94. The lowest BCUT2D eigenvalue weighted by molar-refractivity contribution is 0.0792. The lowest BCUT2D eigenvalue weighted by atomic mass is 10.3. The van der Waals surface area contributed by atoms with Crippen molar-refractivity contribution in [2.75, 3.05) is 7.05 Å². The van der Waals surface area contributed by atoms with Crippen LogP contribution in [0.2, 0.25) is 0 Å². The van der Waals surface area contributed by atoms with Gasteiger partial charge in [0.05, 0.1) is 24.1 Å². The van der Waals surface area contributed by atoms with Gasteiger partial charge < -0.3 is 9.84 Å². The molecule has 7 nitrogen and oxygen atoms in total. The molecule has 1 aliphatic heterocycles. The molecule has 0 saturated carbocycles. The summed E-state index contributed by atoms with van der Waals surface area (Å²) in [6.45, 7) is 0.451. The highest BCUT2D eigenvalue weighted by molar-refractivity contribution is 7.12. The van der Waals surface area contributed by atoms with Gasteiger partial charge >= 0.3 is 0 Å². The molecule has 2 aromatic rings. The number of imidazole rings is 1. The standard InChI is InChI=1S/C11H11N5O2S/c1-15-5-9-7(4-14-18-12)13-6-16(9)8-2-3-19-10(8)11(15)17/h2-4,6H,5,12H2,1H3. The van der Waals surface area contributed by atoms with Crippen molar-refractivity contribution in [3.8, 4) is 5.69 Å². The molecule has 0 aromatic carbocycles.